The summed E-state index contributed by atoms with van der Waals surface area (Å²) in [5.74, 6) is -8.96. The van der Waals surface area contributed by atoms with Crippen molar-refractivity contribution in [3.8, 4) is 0 Å². The molecule has 12 heteroatoms. The molecule has 0 aromatic heterocycles. The molecule has 0 radical (unpaired) electrons. The molecule has 0 spiro atoms. The third kappa shape index (κ3) is 6.31. The summed E-state index contributed by atoms with van der Waals surface area (Å²) in [5, 5.41) is 5.14. The van der Waals surface area contributed by atoms with Gasteiger partial charge in [0.25, 0.3) is 5.92 Å². The zero-order chi connectivity index (χ0) is 26.8. The fourth-order valence-electron chi connectivity index (χ4n) is 5.14. The lowest BCUT2D eigenvalue weighted by Gasteiger charge is -2.53. The van der Waals surface area contributed by atoms with Gasteiger partial charge in [-0.3, -0.25) is 14.5 Å². The highest BCUT2D eigenvalue weighted by atomic mass is 19.3. The van der Waals surface area contributed by atoms with E-state index in [2.05, 4.69) is 15.4 Å². The summed E-state index contributed by atoms with van der Waals surface area (Å²) in [7, 11) is 0. The van der Waals surface area contributed by atoms with Crippen LogP contribution in [0.1, 0.15) is 59.8 Å². The molecule has 1 saturated carbocycles. The van der Waals surface area contributed by atoms with Crippen LogP contribution in [0.15, 0.2) is 11.9 Å². The average molecular weight is 518 g/mol. The van der Waals surface area contributed by atoms with E-state index in [9.17, 15) is 32.3 Å². The molecule has 36 heavy (non-hydrogen) atoms. The zero-order valence-electron chi connectivity index (χ0n) is 20.9. The first-order valence-electron chi connectivity index (χ1n) is 12.2. The van der Waals surface area contributed by atoms with E-state index in [4.69, 9.17) is 4.74 Å². The van der Waals surface area contributed by atoms with Crippen LogP contribution in [0, 0.1) is 11.8 Å². The van der Waals surface area contributed by atoms with Gasteiger partial charge in [0.15, 0.2) is 0 Å². The molecular weight excluding hydrogens is 483 g/mol. The Hall–Kier alpha value is -2.79. The van der Waals surface area contributed by atoms with Crippen molar-refractivity contribution >= 4 is 23.9 Å². The summed E-state index contributed by atoms with van der Waals surface area (Å²) in [6.45, 7) is 6.70. The molecule has 2 N–H and O–H groups in total. The van der Waals surface area contributed by atoms with Crippen molar-refractivity contribution in [3.05, 3.63) is 11.9 Å². The van der Waals surface area contributed by atoms with Gasteiger partial charge in [-0.25, -0.2) is 18.4 Å². The van der Waals surface area contributed by atoms with Crippen LogP contribution < -0.4 is 10.6 Å². The van der Waals surface area contributed by atoms with Crippen molar-refractivity contribution in [1.82, 2.24) is 15.5 Å². The van der Waals surface area contributed by atoms with E-state index < -0.39 is 71.7 Å². The molecule has 0 aromatic rings. The average Bonchev–Trinajstić information content (AvgIpc) is 3.15. The number of amides is 3. The molecule has 4 rings (SSSR count). The SMILES string of the molecule is CCOC(=O)/C(F)=C/[C@H](C[C@@H]1CCNC1=O)NC(=O)[C@@H]1[C@@H]2CC[C@@H](CC2(F)F)N1C(=O)OC(C)(C)C. The molecule has 9 nitrogen and oxygen atoms in total. The highest BCUT2D eigenvalue weighted by Gasteiger charge is 2.61. The van der Waals surface area contributed by atoms with E-state index in [0.29, 0.717) is 19.4 Å². The van der Waals surface area contributed by atoms with Crippen LogP contribution in [-0.2, 0) is 23.9 Å². The Morgan fingerprint density at radius 3 is 2.50 bits per heavy atom. The number of hydrogen-bond acceptors (Lipinski definition) is 6. The number of fused-ring (bicyclic) bond motifs is 3. The third-order valence-electron chi connectivity index (χ3n) is 6.66. The van der Waals surface area contributed by atoms with Crippen molar-refractivity contribution in [2.45, 2.75) is 89.4 Å². The highest BCUT2D eigenvalue weighted by molar-refractivity contribution is 5.89. The molecule has 1 aliphatic carbocycles. The van der Waals surface area contributed by atoms with E-state index in [1.165, 1.54) is 6.92 Å². The molecule has 3 amide bonds. The number of halogens is 3. The van der Waals surface area contributed by atoms with Crippen molar-refractivity contribution < 1.29 is 41.8 Å². The highest BCUT2D eigenvalue weighted by Crippen LogP contribution is 2.49. The number of hydrogen-bond donors (Lipinski definition) is 2. The van der Waals surface area contributed by atoms with Gasteiger partial charge in [0.2, 0.25) is 17.6 Å². The van der Waals surface area contributed by atoms with Gasteiger partial charge in [0.1, 0.15) is 11.6 Å². The predicted molar refractivity (Wildman–Crippen MR) is 121 cm³/mol. The molecule has 202 valence electrons. The first kappa shape index (κ1) is 27.8. The van der Waals surface area contributed by atoms with Crippen LogP contribution in [0.3, 0.4) is 0 Å². The van der Waals surface area contributed by atoms with Crippen molar-refractivity contribution in [2.75, 3.05) is 13.2 Å². The molecule has 2 bridgehead atoms. The van der Waals surface area contributed by atoms with Crippen LogP contribution in [0.2, 0.25) is 0 Å². The molecule has 0 aromatic carbocycles. The summed E-state index contributed by atoms with van der Waals surface area (Å²) in [6, 6.07) is -3.63. The Labute approximate surface area is 208 Å². The quantitative estimate of drug-likeness (QED) is 0.397. The molecule has 3 heterocycles. The summed E-state index contributed by atoms with van der Waals surface area (Å²) >= 11 is 0. The van der Waals surface area contributed by atoms with E-state index in [1.54, 1.807) is 20.8 Å². The lowest BCUT2D eigenvalue weighted by atomic mass is 9.71. The number of alkyl halides is 2. The van der Waals surface area contributed by atoms with Crippen molar-refractivity contribution in [1.29, 1.82) is 0 Å². The molecule has 3 aliphatic heterocycles. The number of carbonyl (C=O) groups excluding carboxylic acids is 4. The largest absolute Gasteiger partial charge is 0.461 e. The molecule has 5 atom stereocenters. The van der Waals surface area contributed by atoms with Crippen LogP contribution in [0.25, 0.3) is 0 Å². The first-order chi connectivity index (χ1) is 16.7. The third-order valence-corrected chi connectivity index (χ3v) is 6.66. The monoisotopic (exact) mass is 517 g/mol. The summed E-state index contributed by atoms with van der Waals surface area (Å²) < 4.78 is 54.2. The lowest BCUT2D eigenvalue weighted by molar-refractivity contribution is -0.184. The number of nitrogens with zero attached hydrogens (tertiary/aromatic N) is 1. The van der Waals surface area contributed by atoms with Gasteiger partial charge in [-0.2, -0.15) is 4.39 Å². The first-order valence-corrected chi connectivity index (χ1v) is 12.2. The number of carbonyl (C=O) groups is 4. The lowest BCUT2D eigenvalue weighted by Crippen LogP contribution is -2.69. The number of nitrogens with one attached hydrogen (secondary N) is 2. The smallest absolute Gasteiger partial charge is 0.411 e. The van der Waals surface area contributed by atoms with Gasteiger partial charge < -0.3 is 20.1 Å². The molecule has 4 aliphatic rings. The van der Waals surface area contributed by atoms with Gasteiger partial charge in [-0.15, -0.1) is 0 Å². The van der Waals surface area contributed by atoms with Gasteiger partial charge in [0, 0.05) is 24.9 Å². The topological polar surface area (TPSA) is 114 Å². The Morgan fingerprint density at radius 2 is 1.94 bits per heavy atom. The maximum absolute atomic E-state index is 14.9. The number of ether oxygens (including phenoxy) is 2. The summed E-state index contributed by atoms with van der Waals surface area (Å²) in [4.78, 5) is 51.4. The minimum atomic E-state index is -3.18. The second-order valence-corrected chi connectivity index (χ2v) is 10.5. The fourth-order valence-corrected chi connectivity index (χ4v) is 5.14. The minimum Gasteiger partial charge on any atom is -0.461 e. The Balaban J connectivity index is 1.88. The van der Waals surface area contributed by atoms with E-state index in [-0.39, 0.29) is 25.4 Å². The molecule has 3 saturated heterocycles. The standard InChI is InChI=1S/C24H34F3N3O6/c1-5-35-21(33)17(25)11-14(10-13-8-9-28-19(13)31)29-20(32)18-16-7-6-15(12-24(16,26)27)30(18)22(34)36-23(2,3)4/h11,13-16,18H,5-10,12H2,1-4H3,(H,28,31)(H,29,32)/b17-11-/t13-,14-,15-,16-,18-/m0/s1. The van der Waals surface area contributed by atoms with Gasteiger partial charge >= 0.3 is 12.1 Å². The second-order valence-electron chi connectivity index (χ2n) is 10.5. The number of rotatable bonds is 7. The van der Waals surface area contributed by atoms with Gasteiger partial charge in [-0.1, -0.05) is 0 Å². The van der Waals surface area contributed by atoms with Gasteiger partial charge in [-0.05, 0) is 59.5 Å². The Bertz CT molecular complexity index is 919. The van der Waals surface area contributed by atoms with Crippen LogP contribution in [-0.4, -0.2) is 71.6 Å². The number of piperidine rings is 2. The van der Waals surface area contributed by atoms with E-state index >= 15 is 0 Å². The minimum absolute atomic E-state index is 0.0256. The molecule has 4 fully saturated rings. The van der Waals surface area contributed by atoms with Crippen molar-refractivity contribution in [3.63, 3.8) is 0 Å². The van der Waals surface area contributed by atoms with Crippen LogP contribution >= 0.6 is 0 Å². The zero-order valence-corrected chi connectivity index (χ0v) is 20.9. The molecule has 0 unspecified atom stereocenters. The number of esters is 1. The summed E-state index contributed by atoms with van der Waals surface area (Å²) in [6.07, 6.45) is 0.0457. The van der Waals surface area contributed by atoms with E-state index in [1.807, 2.05) is 0 Å². The molecular formula is C24H34F3N3O6. The summed E-state index contributed by atoms with van der Waals surface area (Å²) in [5.41, 5.74) is -0.915. The second kappa shape index (κ2) is 10.7. The Morgan fingerprint density at radius 1 is 1.25 bits per heavy atom. The van der Waals surface area contributed by atoms with Crippen LogP contribution in [0.5, 0.6) is 0 Å². The van der Waals surface area contributed by atoms with Crippen LogP contribution in [0.4, 0.5) is 18.0 Å². The predicted octanol–water partition coefficient (Wildman–Crippen LogP) is 2.84. The maximum atomic E-state index is 14.9. The van der Waals surface area contributed by atoms with Crippen molar-refractivity contribution in [2.24, 2.45) is 11.8 Å². The van der Waals surface area contributed by atoms with E-state index in [0.717, 1.165) is 11.0 Å². The maximum Gasteiger partial charge on any atom is 0.411 e. The fraction of sp³-hybridized carbons (Fsp3) is 0.750. The van der Waals surface area contributed by atoms with Gasteiger partial charge in [0.05, 0.1) is 18.6 Å². The normalized spacial score (nSPS) is 28.4. The Kier molecular flexibility index (Phi) is 8.24.